The Morgan fingerprint density at radius 2 is 2.00 bits per heavy atom. The van der Waals surface area contributed by atoms with Crippen LogP contribution < -0.4 is 0 Å². The first-order chi connectivity index (χ1) is 11.0. The Balaban J connectivity index is 1.57. The molecule has 7 heteroatoms. The van der Waals surface area contributed by atoms with Gasteiger partial charge in [-0.3, -0.25) is 4.79 Å². The van der Waals surface area contributed by atoms with Gasteiger partial charge in [0, 0.05) is 19.5 Å². The number of unbranched alkanes of at least 4 members (excludes halogenated alkanes) is 2. The minimum absolute atomic E-state index is 0.213. The topological polar surface area (TPSA) is 77.5 Å². The van der Waals surface area contributed by atoms with Gasteiger partial charge in [0.05, 0.1) is 13.2 Å². The van der Waals surface area contributed by atoms with E-state index < -0.39 is 30.4 Å². The van der Waals surface area contributed by atoms with Crippen molar-refractivity contribution in [3.05, 3.63) is 0 Å². The number of aliphatic hydroxyl groups excluding tert-OH is 1. The van der Waals surface area contributed by atoms with Crippen LogP contribution in [-0.4, -0.2) is 72.6 Å². The number of carbonyl (C=O) groups excluding carboxylic acids is 1. The van der Waals surface area contributed by atoms with Gasteiger partial charge in [0.2, 0.25) is 0 Å². The van der Waals surface area contributed by atoms with Crippen LogP contribution in [0.1, 0.15) is 39.5 Å². The van der Waals surface area contributed by atoms with Gasteiger partial charge in [0.15, 0.2) is 18.2 Å². The third-order valence-corrected chi connectivity index (χ3v) is 4.75. The maximum Gasteiger partial charge on any atom is 0.254 e. The summed E-state index contributed by atoms with van der Waals surface area (Å²) in [7, 11) is 0. The normalized spacial score (nSPS) is 40.4. The Morgan fingerprint density at radius 3 is 2.65 bits per heavy atom. The Bertz CT molecular complexity index is 427. The zero-order valence-corrected chi connectivity index (χ0v) is 13.9. The summed E-state index contributed by atoms with van der Waals surface area (Å²) in [5.41, 5.74) is 0. The monoisotopic (exact) mass is 329 g/mol. The van der Waals surface area contributed by atoms with Crippen LogP contribution in [0.25, 0.3) is 0 Å². The van der Waals surface area contributed by atoms with Gasteiger partial charge in [-0.05, 0) is 13.3 Å². The summed E-state index contributed by atoms with van der Waals surface area (Å²) in [5, 5.41) is 10.5. The van der Waals surface area contributed by atoms with Crippen molar-refractivity contribution in [2.75, 3.05) is 26.3 Å². The van der Waals surface area contributed by atoms with Gasteiger partial charge < -0.3 is 29.0 Å². The number of rotatable bonds is 5. The van der Waals surface area contributed by atoms with Crippen molar-refractivity contribution < 1.29 is 28.8 Å². The maximum absolute atomic E-state index is 12.5. The molecule has 23 heavy (non-hydrogen) atoms. The fraction of sp³-hybridized carbons (Fsp3) is 0.938. The van der Waals surface area contributed by atoms with Crippen LogP contribution in [0.4, 0.5) is 0 Å². The van der Waals surface area contributed by atoms with E-state index in [2.05, 4.69) is 6.92 Å². The molecule has 0 radical (unpaired) electrons. The summed E-state index contributed by atoms with van der Waals surface area (Å²) in [4.78, 5) is 14.2. The molecule has 0 aliphatic carbocycles. The van der Waals surface area contributed by atoms with E-state index in [9.17, 15) is 9.90 Å². The lowest BCUT2D eigenvalue weighted by Gasteiger charge is -2.31. The van der Waals surface area contributed by atoms with Crippen molar-refractivity contribution in [1.29, 1.82) is 0 Å². The quantitative estimate of drug-likeness (QED) is 0.746. The maximum atomic E-state index is 12.5. The summed E-state index contributed by atoms with van der Waals surface area (Å²) in [6.07, 6.45) is 0.803. The van der Waals surface area contributed by atoms with Gasteiger partial charge in [-0.2, -0.15) is 0 Å². The first-order valence-corrected chi connectivity index (χ1v) is 8.60. The molecule has 0 aromatic carbocycles. The fourth-order valence-corrected chi connectivity index (χ4v) is 3.40. The van der Waals surface area contributed by atoms with Gasteiger partial charge in [0.1, 0.15) is 12.2 Å². The molecule has 3 saturated heterocycles. The standard InChI is InChI=1S/C16H27NO6/c1-3-4-5-6-16(2)22-13-11(18)12(21-15(13)23-16)14(19)17-7-9-20-10-8-17/h11-13,15,18H,3-10H2,1-2H3/t11-,12-,13+,15+,16?/m1/s1. The lowest BCUT2D eigenvalue weighted by Crippen LogP contribution is -2.50. The number of hydrogen-bond acceptors (Lipinski definition) is 6. The zero-order chi connectivity index (χ0) is 16.4. The molecule has 1 N–H and O–H groups in total. The Morgan fingerprint density at radius 1 is 1.26 bits per heavy atom. The van der Waals surface area contributed by atoms with Crippen molar-refractivity contribution in [3.8, 4) is 0 Å². The second-order valence-corrected chi connectivity index (χ2v) is 6.64. The van der Waals surface area contributed by atoms with Crippen LogP contribution in [0.2, 0.25) is 0 Å². The average Bonchev–Trinajstić information content (AvgIpc) is 3.03. The predicted octanol–water partition coefficient (Wildman–Crippen LogP) is 0.643. The van der Waals surface area contributed by atoms with Gasteiger partial charge in [-0.15, -0.1) is 0 Å². The molecule has 0 spiro atoms. The highest BCUT2D eigenvalue weighted by Crippen LogP contribution is 2.40. The molecule has 0 aromatic heterocycles. The Kier molecular flexibility index (Phi) is 5.22. The number of carbonyl (C=O) groups is 1. The molecule has 7 nitrogen and oxygen atoms in total. The second-order valence-electron chi connectivity index (χ2n) is 6.64. The van der Waals surface area contributed by atoms with Crippen molar-refractivity contribution in [3.63, 3.8) is 0 Å². The van der Waals surface area contributed by atoms with Crippen LogP contribution in [0.15, 0.2) is 0 Å². The number of fused-ring (bicyclic) bond motifs is 1. The molecule has 1 amide bonds. The van der Waals surface area contributed by atoms with E-state index in [0.717, 1.165) is 25.7 Å². The van der Waals surface area contributed by atoms with Crippen LogP contribution in [0.5, 0.6) is 0 Å². The molecule has 5 atom stereocenters. The van der Waals surface area contributed by atoms with Gasteiger partial charge in [0.25, 0.3) is 5.91 Å². The zero-order valence-electron chi connectivity index (χ0n) is 13.9. The first-order valence-electron chi connectivity index (χ1n) is 8.60. The lowest BCUT2D eigenvalue weighted by atomic mass is 10.1. The Hall–Kier alpha value is -0.730. The summed E-state index contributed by atoms with van der Waals surface area (Å²) < 4.78 is 22.7. The third kappa shape index (κ3) is 3.53. The van der Waals surface area contributed by atoms with Gasteiger partial charge >= 0.3 is 0 Å². The molecule has 3 aliphatic heterocycles. The molecular formula is C16H27NO6. The van der Waals surface area contributed by atoms with Crippen LogP contribution in [0, 0.1) is 0 Å². The highest BCUT2D eigenvalue weighted by Gasteiger charge is 2.57. The third-order valence-electron chi connectivity index (χ3n) is 4.75. The van der Waals surface area contributed by atoms with E-state index in [1.165, 1.54) is 0 Å². The van der Waals surface area contributed by atoms with E-state index in [1.807, 2.05) is 6.92 Å². The van der Waals surface area contributed by atoms with E-state index in [-0.39, 0.29) is 5.91 Å². The molecule has 0 aromatic rings. The summed E-state index contributed by atoms with van der Waals surface area (Å²) in [6, 6.07) is 0. The van der Waals surface area contributed by atoms with Gasteiger partial charge in [-0.25, -0.2) is 0 Å². The molecule has 3 aliphatic rings. The predicted molar refractivity (Wildman–Crippen MR) is 80.6 cm³/mol. The molecule has 3 heterocycles. The molecule has 3 fully saturated rings. The fourth-order valence-electron chi connectivity index (χ4n) is 3.40. The number of amides is 1. The lowest BCUT2D eigenvalue weighted by molar-refractivity contribution is -0.229. The van der Waals surface area contributed by atoms with Crippen LogP contribution in [-0.2, 0) is 23.7 Å². The van der Waals surface area contributed by atoms with Crippen LogP contribution in [0.3, 0.4) is 0 Å². The van der Waals surface area contributed by atoms with Crippen molar-refractivity contribution in [2.24, 2.45) is 0 Å². The largest absolute Gasteiger partial charge is 0.387 e. The number of aliphatic hydroxyl groups is 1. The summed E-state index contributed by atoms with van der Waals surface area (Å²) in [6.45, 7) is 6.10. The minimum Gasteiger partial charge on any atom is -0.387 e. The highest BCUT2D eigenvalue weighted by molar-refractivity contribution is 5.82. The number of ether oxygens (including phenoxy) is 4. The Labute approximate surface area is 136 Å². The van der Waals surface area contributed by atoms with E-state index in [1.54, 1.807) is 4.90 Å². The van der Waals surface area contributed by atoms with E-state index >= 15 is 0 Å². The van der Waals surface area contributed by atoms with E-state index in [0.29, 0.717) is 26.3 Å². The average molecular weight is 329 g/mol. The van der Waals surface area contributed by atoms with Crippen molar-refractivity contribution in [1.82, 2.24) is 4.90 Å². The van der Waals surface area contributed by atoms with E-state index in [4.69, 9.17) is 18.9 Å². The van der Waals surface area contributed by atoms with Gasteiger partial charge in [-0.1, -0.05) is 19.8 Å². The highest BCUT2D eigenvalue weighted by atomic mass is 16.8. The number of morpholine rings is 1. The summed E-state index contributed by atoms with van der Waals surface area (Å²) in [5.74, 6) is -0.951. The summed E-state index contributed by atoms with van der Waals surface area (Å²) >= 11 is 0. The van der Waals surface area contributed by atoms with Crippen molar-refractivity contribution in [2.45, 2.75) is 69.9 Å². The smallest absolute Gasteiger partial charge is 0.254 e. The molecule has 132 valence electrons. The molecule has 0 saturated carbocycles. The second kappa shape index (κ2) is 7.03. The van der Waals surface area contributed by atoms with Crippen molar-refractivity contribution >= 4 is 5.91 Å². The molecular weight excluding hydrogens is 302 g/mol. The molecule has 3 rings (SSSR count). The molecule has 0 bridgehead atoms. The minimum atomic E-state index is -0.997. The SMILES string of the molecule is CCCCCC1(C)O[C@@H]2O[C@@H](C(=O)N3CCOCC3)[C@@H](O)[C@@H]2O1. The number of nitrogens with zero attached hydrogens (tertiary/aromatic N) is 1. The first kappa shape index (κ1) is 17.1. The van der Waals surface area contributed by atoms with Crippen LogP contribution >= 0.6 is 0 Å². The number of hydrogen-bond donors (Lipinski definition) is 1. The molecule has 1 unspecified atom stereocenters.